The quantitative estimate of drug-likeness (QED) is 0.471. The van der Waals surface area contributed by atoms with Crippen LogP contribution in [-0.2, 0) is 14.3 Å². The number of ether oxygens (including phenoxy) is 1. The van der Waals surface area contributed by atoms with E-state index in [0.717, 1.165) is 30.4 Å². The van der Waals surface area contributed by atoms with Gasteiger partial charge in [-0.25, -0.2) is 4.79 Å². The van der Waals surface area contributed by atoms with Crippen molar-refractivity contribution < 1.29 is 24.2 Å². The molecule has 4 rings (SSSR count). The highest BCUT2D eigenvalue weighted by atomic mass is 16.5. The number of hydrogen-bond donors (Lipinski definition) is 3. The van der Waals surface area contributed by atoms with E-state index in [4.69, 9.17) is 9.84 Å². The summed E-state index contributed by atoms with van der Waals surface area (Å²) in [5.41, 5.74) is 4.64. The van der Waals surface area contributed by atoms with Gasteiger partial charge in [-0.2, -0.15) is 0 Å². The molecular formula is C28H34N2O5. The minimum atomic E-state index is -0.939. The number of carboxylic acid groups (broad SMARTS) is 1. The molecule has 0 bridgehead atoms. The maximum Gasteiger partial charge on any atom is 0.407 e. The number of carboxylic acids is 1. The van der Waals surface area contributed by atoms with Crippen LogP contribution in [0.2, 0.25) is 0 Å². The summed E-state index contributed by atoms with van der Waals surface area (Å²) in [5.74, 6) is -1.56. The summed E-state index contributed by atoms with van der Waals surface area (Å²) in [4.78, 5) is 37.0. The van der Waals surface area contributed by atoms with Crippen molar-refractivity contribution in [2.45, 2.75) is 69.9 Å². The molecule has 0 aromatic heterocycles. The smallest absolute Gasteiger partial charge is 0.407 e. The van der Waals surface area contributed by atoms with E-state index in [1.165, 1.54) is 11.1 Å². The van der Waals surface area contributed by atoms with Gasteiger partial charge in [0.15, 0.2) is 0 Å². The molecule has 3 N–H and O–H groups in total. The van der Waals surface area contributed by atoms with Crippen molar-refractivity contribution in [2.75, 3.05) is 6.61 Å². The Morgan fingerprint density at radius 3 is 2.23 bits per heavy atom. The fraction of sp³-hybridized carbons (Fsp3) is 0.464. The van der Waals surface area contributed by atoms with Crippen molar-refractivity contribution in [3.63, 3.8) is 0 Å². The lowest BCUT2D eigenvalue weighted by molar-refractivity contribution is -0.137. The summed E-state index contributed by atoms with van der Waals surface area (Å²) in [6.45, 7) is 2.08. The second-order valence-electron chi connectivity index (χ2n) is 9.53. The molecule has 2 aliphatic rings. The van der Waals surface area contributed by atoms with E-state index >= 15 is 0 Å². The molecule has 0 radical (unpaired) electrons. The molecular weight excluding hydrogens is 444 g/mol. The molecule has 1 saturated carbocycles. The molecule has 3 atom stereocenters. The third-order valence-electron chi connectivity index (χ3n) is 7.26. The topological polar surface area (TPSA) is 105 Å². The van der Waals surface area contributed by atoms with Crippen LogP contribution in [0.1, 0.15) is 68.9 Å². The SMILES string of the molecule is CC[C@H](CC(=O)O)NC(=O)[C@@H]1CCCCC[C@@H]1NC(=O)OCC1c2ccccc2-c2ccccc21. The van der Waals surface area contributed by atoms with Gasteiger partial charge >= 0.3 is 12.1 Å². The Bertz CT molecular complexity index is 1020. The highest BCUT2D eigenvalue weighted by molar-refractivity contribution is 5.82. The van der Waals surface area contributed by atoms with Crippen LogP contribution >= 0.6 is 0 Å². The first-order chi connectivity index (χ1) is 17.0. The molecule has 186 valence electrons. The fourth-order valence-electron chi connectivity index (χ4n) is 5.40. The van der Waals surface area contributed by atoms with Crippen LogP contribution in [0.25, 0.3) is 11.1 Å². The minimum Gasteiger partial charge on any atom is -0.481 e. The molecule has 0 unspecified atom stereocenters. The molecule has 7 nitrogen and oxygen atoms in total. The van der Waals surface area contributed by atoms with Crippen LogP contribution in [0.4, 0.5) is 4.79 Å². The molecule has 2 aliphatic carbocycles. The van der Waals surface area contributed by atoms with Crippen LogP contribution in [0.15, 0.2) is 48.5 Å². The van der Waals surface area contributed by atoms with Gasteiger partial charge in [0.1, 0.15) is 6.61 Å². The molecule has 0 spiro atoms. The van der Waals surface area contributed by atoms with Gasteiger partial charge in [-0.3, -0.25) is 9.59 Å². The van der Waals surface area contributed by atoms with Crippen LogP contribution in [-0.4, -0.2) is 41.8 Å². The van der Waals surface area contributed by atoms with Gasteiger partial charge < -0.3 is 20.5 Å². The molecule has 2 aromatic rings. The molecule has 35 heavy (non-hydrogen) atoms. The lowest BCUT2D eigenvalue weighted by Crippen LogP contribution is -2.49. The van der Waals surface area contributed by atoms with E-state index in [2.05, 4.69) is 34.9 Å². The lowest BCUT2D eigenvalue weighted by atomic mass is 9.93. The number of carbonyl (C=O) groups is 3. The molecule has 0 heterocycles. The average molecular weight is 479 g/mol. The largest absolute Gasteiger partial charge is 0.481 e. The Balaban J connectivity index is 1.40. The van der Waals surface area contributed by atoms with E-state index in [1.807, 2.05) is 31.2 Å². The number of nitrogens with one attached hydrogen (secondary N) is 2. The van der Waals surface area contributed by atoms with Crippen molar-refractivity contribution in [1.29, 1.82) is 0 Å². The zero-order valence-electron chi connectivity index (χ0n) is 20.2. The standard InChI is InChI=1S/C28H34N2O5/c1-2-18(16-26(31)32)29-27(33)23-14-4-3-5-15-25(23)30-28(34)35-17-24-21-12-8-6-10-19(21)20-11-7-9-13-22(20)24/h6-13,18,23-25H,2-5,14-17H2,1H3,(H,29,33)(H,30,34)(H,31,32)/t18-,23-,25+/m1/s1. The first kappa shape index (κ1) is 24.8. The minimum absolute atomic E-state index is 0.0253. The summed E-state index contributed by atoms with van der Waals surface area (Å²) in [6, 6.07) is 15.6. The van der Waals surface area contributed by atoms with Crippen molar-refractivity contribution >= 4 is 18.0 Å². The zero-order chi connectivity index (χ0) is 24.8. The summed E-state index contributed by atoms with van der Waals surface area (Å²) >= 11 is 0. The van der Waals surface area contributed by atoms with E-state index in [1.54, 1.807) is 0 Å². The van der Waals surface area contributed by atoms with Gasteiger partial charge in [0.05, 0.1) is 12.3 Å². The van der Waals surface area contributed by atoms with Gasteiger partial charge in [-0.15, -0.1) is 0 Å². The van der Waals surface area contributed by atoms with Crippen LogP contribution in [0.5, 0.6) is 0 Å². The molecule has 2 amide bonds. The first-order valence-corrected chi connectivity index (χ1v) is 12.6. The Labute approximate surface area is 206 Å². The fourth-order valence-corrected chi connectivity index (χ4v) is 5.40. The predicted molar refractivity (Wildman–Crippen MR) is 133 cm³/mol. The normalized spacial score (nSPS) is 20.1. The van der Waals surface area contributed by atoms with Crippen molar-refractivity contribution in [2.24, 2.45) is 5.92 Å². The summed E-state index contributed by atoms with van der Waals surface area (Å²) in [7, 11) is 0. The van der Waals surface area contributed by atoms with E-state index in [-0.39, 0.29) is 30.9 Å². The van der Waals surface area contributed by atoms with E-state index in [9.17, 15) is 14.4 Å². The third kappa shape index (κ3) is 5.84. The number of aliphatic carboxylic acids is 1. The number of hydrogen-bond acceptors (Lipinski definition) is 4. The molecule has 7 heteroatoms. The highest BCUT2D eigenvalue weighted by Gasteiger charge is 2.33. The van der Waals surface area contributed by atoms with E-state index in [0.29, 0.717) is 19.3 Å². The number of benzene rings is 2. The van der Waals surface area contributed by atoms with Gasteiger partial charge in [0, 0.05) is 18.0 Å². The Morgan fingerprint density at radius 1 is 0.971 bits per heavy atom. The Morgan fingerprint density at radius 2 is 1.60 bits per heavy atom. The second kappa shape index (κ2) is 11.4. The van der Waals surface area contributed by atoms with Crippen molar-refractivity contribution in [3.8, 4) is 11.1 Å². The number of fused-ring (bicyclic) bond motifs is 3. The summed E-state index contributed by atoms with van der Waals surface area (Å²) in [6.07, 6.45) is 4.07. The molecule has 2 aromatic carbocycles. The predicted octanol–water partition coefficient (Wildman–Crippen LogP) is 4.84. The first-order valence-electron chi connectivity index (χ1n) is 12.6. The molecule has 1 fully saturated rings. The maximum atomic E-state index is 13.0. The summed E-state index contributed by atoms with van der Waals surface area (Å²) < 4.78 is 5.71. The molecule has 0 aliphatic heterocycles. The summed E-state index contributed by atoms with van der Waals surface area (Å²) in [5, 5.41) is 14.9. The number of carbonyl (C=O) groups excluding carboxylic acids is 2. The highest BCUT2D eigenvalue weighted by Crippen LogP contribution is 2.44. The van der Waals surface area contributed by atoms with Crippen LogP contribution in [0.3, 0.4) is 0 Å². The average Bonchev–Trinajstić information content (AvgIpc) is 2.98. The van der Waals surface area contributed by atoms with Gasteiger partial charge in [0.25, 0.3) is 0 Å². The Hall–Kier alpha value is -3.35. The van der Waals surface area contributed by atoms with Gasteiger partial charge in [-0.1, -0.05) is 74.7 Å². The van der Waals surface area contributed by atoms with E-state index < -0.39 is 24.0 Å². The van der Waals surface area contributed by atoms with Gasteiger partial charge in [-0.05, 0) is 41.5 Å². The van der Waals surface area contributed by atoms with Gasteiger partial charge in [0.2, 0.25) is 5.91 Å². The zero-order valence-corrected chi connectivity index (χ0v) is 20.2. The van der Waals surface area contributed by atoms with Crippen molar-refractivity contribution in [3.05, 3.63) is 59.7 Å². The lowest BCUT2D eigenvalue weighted by Gasteiger charge is -2.27. The number of alkyl carbamates (subject to hydrolysis) is 1. The van der Waals surface area contributed by atoms with Crippen LogP contribution in [0, 0.1) is 5.92 Å². The third-order valence-corrected chi connectivity index (χ3v) is 7.26. The Kier molecular flexibility index (Phi) is 8.06. The number of amides is 2. The van der Waals surface area contributed by atoms with Crippen molar-refractivity contribution in [1.82, 2.24) is 10.6 Å². The van der Waals surface area contributed by atoms with Crippen LogP contribution < -0.4 is 10.6 Å². The maximum absolute atomic E-state index is 13.0. The molecule has 0 saturated heterocycles. The second-order valence-corrected chi connectivity index (χ2v) is 9.53. The monoisotopic (exact) mass is 478 g/mol. The number of rotatable bonds is 8.